The highest BCUT2D eigenvalue weighted by molar-refractivity contribution is 5.69. The van der Waals surface area contributed by atoms with E-state index in [4.69, 9.17) is 0 Å². The van der Waals surface area contributed by atoms with Crippen LogP contribution in [0.5, 0.6) is 0 Å². The molecule has 0 saturated heterocycles. The summed E-state index contributed by atoms with van der Waals surface area (Å²) in [5, 5.41) is 13.4. The molecule has 0 aliphatic heterocycles. The Labute approximate surface area is 101 Å². The number of hydrogen-bond acceptors (Lipinski definition) is 3. The standard InChI is InChI=1S/C11H11F3N2O2/c1-6(2)15-10-7(3)4-8(11(12,13)14)5-9(10)16(17)18/h4-5,15H,1H2,2-3H3. The number of aryl methyl sites for hydroxylation is 1. The number of allylic oxidation sites excluding steroid dienone is 1. The fraction of sp³-hybridized carbons (Fsp3) is 0.273. The first-order chi connectivity index (χ1) is 8.12. The van der Waals surface area contributed by atoms with Gasteiger partial charge < -0.3 is 5.32 Å². The van der Waals surface area contributed by atoms with E-state index in [1.165, 1.54) is 6.92 Å². The van der Waals surface area contributed by atoms with Crippen molar-refractivity contribution in [2.45, 2.75) is 20.0 Å². The quantitative estimate of drug-likeness (QED) is 0.663. The third-order valence-electron chi connectivity index (χ3n) is 2.18. The zero-order chi connectivity index (χ0) is 14.1. The van der Waals surface area contributed by atoms with Gasteiger partial charge in [-0.25, -0.2) is 0 Å². The van der Waals surface area contributed by atoms with Gasteiger partial charge >= 0.3 is 6.18 Å². The first kappa shape index (κ1) is 14.0. The molecule has 0 atom stereocenters. The number of nitro groups is 1. The Kier molecular flexibility index (Phi) is 3.64. The van der Waals surface area contributed by atoms with Crippen LogP contribution in [0, 0.1) is 17.0 Å². The molecule has 0 bridgehead atoms. The number of nitro benzene ring substituents is 1. The maximum Gasteiger partial charge on any atom is 0.416 e. The number of anilines is 1. The van der Waals surface area contributed by atoms with Crippen LogP contribution in [0.1, 0.15) is 18.1 Å². The van der Waals surface area contributed by atoms with Crippen molar-refractivity contribution in [3.63, 3.8) is 0 Å². The van der Waals surface area contributed by atoms with Crippen molar-refractivity contribution in [3.05, 3.63) is 45.6 Å². The van der Waals surface area contributed by atoms with Crippen LogP contribution in [0.15, 0.2) is 24.4 Å². The van der Waals surface area contributed by atoms with E-state index in [2.05, 4.69) is 11.9 Å². The predicted octanol–water partition coefficient (Wildman–Crippen LogP) is 3.87. The fourth-order valence-electron chi connectivity index (χ4n) is 1.45. The summed E-state index contributed by atoms with van der Waals surface area (Å²) >= 11 is 0. The Balaban J connectivity index is 3.45. The molecule has 0 spiro atoms. The Morgan fingerprint density at radius 2 is 2.00 bits per heavy atom. The Hall–Kier alpha value is -2.05. The first-order valence-corrected chi connectivity index (χ1v) is 4.91. The van der Waals surface area contributed by atoms with E-state index >= 15 is 0 Å². The molecule has 98 valence electrons. The lowest BCUT2D eigenvalue weighted by Gasteiger charge is -2.13. The van der Waals surface area contributed by atoms with Crippen LogP contribution in [0.4, 0.5) is 24.5 Å². The summed E-state index contributed by atoms with van der Waals surface area (Å²) in [7, 11) is 0. The smallest absolute Gasteiger partial charge is 0.354 e. The largest absolute Gasteiger partial charge is 0.416 e. The summed E-state index contributed by atoms with van der Waals surface area (Å²) in [5.41, 5.74) is -1.09. The van der Waals surface area contributed by atoms with E-state index in [1.54, 1.807) is 6.92 Å². The number of benzene rings is 1. The van der Waals surface area contributed by atoms with Crippen molar-refractivity contribution in [2.24, 2.45) is 0 Å². The van der Waals surface area contributed by atoms with Crippen LogP contribution in [0.3, 0.4) is 0 Å². The lowest BCUT2D eigenvalue weighted by molar-refractivity contribution is -0.384. The summed E-state index contributed by atoms with van der Waals surface area (Å²) in [5.74, 6) is 0. The van der Waals surface area contributed by atoms with Gasteiger partial charge in [0, 0.05) is 11.8 Å². The molecule has 0 amide bonds. The van der Waals surface area contributed by atoms with Crippen LogP contribution < -0.4 is 5.32 Å². The molecule has 1 aromatic rings. The zero-order valence-corrected chi connectivity index (χ0v) is 9.76. The van der Waals surface area contributed by atoms with Gasteiger partial charge in [0.1, 0.15) is 5.69 Å². The molecule has 0 aromatic heterocycles. The third-order valence-corrected chi connectivity index (χ3v) is 2.18. The van der Waals surface area contributed by atoms with Crippen molar-refractivity contribution in [1.82, 2.24) is 0 Å². The molecule has 0 heterocycles. The highest BCUT2D eigenvalue weighted by Gasteiger charge is 2.34. The van der Waals surface area contributed by atoms with Gasteiger partial charge in [-0.05, 0) is 25.5 Å². The number of halogens is 3. The van der Waals surface area contributed by atoms with E-state index in [0.717, 1.165) is 6.07 Å². The second kappa shape index (κ2) is 4.67. The molecule has 1 rings (SSSR count). The van der Waals surface area contributed by atoms with Crippen molar-refractivity contribution in [2.75, 3.05) is 5.32 Å². The first-order valence-electron chi connectivity index (χ1n) is 4.91. The van der Waals surface area contributed by atoms with Crippen LogP contribution in [0.2, 0.25) is 0 Å². The van der Waals surface area contributed by atoms with Gasteiger partial charge in [-0.1, -0.05) is 6.58 Å². The van der Waals surface area contributed by atoms with Crippen LogP contribution in [-0.4, -0.2) is 4.92 Å². The van der Waals surface area contributed by atoms with E-state index in [-0.39, 0.29) is 11.3 Å². The Morgan fingerprint density at radius 3 is 2.39 bits per heavy atom. The van der Waals surface area contributed by atoms with E-state index in [1.807, 2.05) is 0 Å². The summed E-state index contributed by atoms with van der Waals surface area (Å²) in [4.78, 5) is 9.95. The van der Waals surface area contributed by atoms with Crippen LogP contribution in [0.25, 0.3) is 0 Å². The fourth-order valence-corrected chi connectivity index (χ4v) is 1.45. The number of nitrogens with zero attached hydrogens (tertiary/aromatic N) is 1. The molecule has 7 heteroatoms. The summed E-state index contributed by atoms with van der Waals surface area (Å²) in [6, 6.07) is 1.37. The normalized spacial score (nSPS) is 11.2. The zero-order valence-electron chi connectivity index (χ0n) is 9.76. The van der Waals surface area contributed by atoms with Crippen LogP contribution in [-0.2, 0) is 6.18 Å². The van der Waals surface area contributed by atoms with Gasteiger partial charge in [0.15, 0.2) is 0 Å². The molecule has 18 heavy (non-hydrogen) atoms. The maximum atomic E-state index is 12.5. The highest BCUT2D eigenvalue weighted by Crippen LogP contribution is 2.37. The SMILES string of the molecule is C=C(C)Nc1c(C)cc(C(F)(F)F)cc1[N+](=O)[O-]. The summed E-state index contributed by atoms with van der Waals surface area (Å²) in [6.45, 7) is 6.43. The van der Waals surface area contributed by atoms with Crippen molar-refractivity contribution in [3.8, 4) is 0 Å². The topological polar surface area (TPSA) is 55.2 Å². The van der Waals surface area contributed by atoms with Gasteiger partial charge in [-0.2, -0.15) is 13.2 Å². The second-order valence-corrected chi connectivity index (χ2v) is 3.85. The second-order valence-electron chi connectivity index (χ2n) is 3.85. The number of nitrogens with one attached hydrogen (secondary N) is 1. The number of rotatable bonds is 3. The molecule has 0 aliphatic carbocycles. The van der Waals surface area contributed by atoms with Crippen molar-refractivity contribution >= 4 is 11.4 Å². The van der Waals surface area contributed by atoms with Gasteiger partial charge in [0.05, 0.1) is 10.5 Å². The van der Waals surface area contributed by atoms with Crippen molar-refractivity contribution in [1.29, 1.82) is 0 Å². The molecule has 0 radical (unpaired) electrons. The van der Waals surface area contributed by atoms with Gasteiger partial charge in [-0.3, -0.25) is 10.1 Å². The van der Waals surface area contributed by atoms with Gasteiger partial charge in [-0.15, -0.1) is 0 Å². The van der Waals surface area contributed by atoms with Gasteiger partial charge in [0.2, 0.25) is 0 Å². The van der Waals surface area contributed by atoms with Gasteiger partial charge in [0.25, 0.3) is 5.69 Å². The molecule has 0 aliphatic rings. The minimum Gasteiger partial charge on any atom is -0.354 e. The lowest BCUT2D eigenvalue weighted by atomic mass is 10.1. The minimum atomic E-state index is -4.61. The monoisotopic (exact) mass is 260 g/mol. The predicted molar refractivity (Wildman–Crippen MR) is 61.3 cm³/mol. The van der Waals surface area contributed by atoms with Crippen LogP contribution >= 0.6 is 0 Å². The van der Waals surface area contributed by atoms with E-state index in [9.17, 15) is 23.3 Å². The molecular formula is C11H11F3N2O2. The van der Waals surface area contributed by atoms with E-state index in [0.29, 0.717) is 11.8 Å². The molecule has 0 fully saturated rings. The summed E-state index contributed by atoms with van der Waals surface area (Å²) < 4.78 is 37.6. The third kappa shape index (κ3) is 2.99. The molecular weight excluding hydrogens is 249 g/mol. The number of hydrogen-bond donors (Lipinski definition) is 1. The number of alkyl halides is 3. The maximum absolute atomic E-state index is 12.5. The van der Waals surface area contributed by atoms with Crippen molar-refractivity contribution < 1.29 is 18.1 Å². The van der Waals surface area contributed by atoms with E-state index < -0.39 is 22.4 Å². The molecule has 0 unspecified atom stereocenters. The minimum absolute atomic E-state index is 0.0282. The average Bonchev–Trinajstić information content (AvgIpc) is 2.17. The molecule has 0 saturated carbocycles. The summed E-state index contributed by atoms with van der Waals surface area (Å²) in [6.07, 6.45) is -4.61. The molecule has 4 nitrogen and oxygen atoms in total. The highest BCUT2D eigenvalue weighted by atomic mass is 19.4. The Bertz CT molecular complexity index is 510. The molecule has 1 N–H and O–H groups in total. The molecule has 1 aromatic carbocycles. The lowest BCUT2D eigenvalue weighted by Crippen LogP contribution is -2.09. The Morgan fingerprint density at radius 1 is 1.44 bits per heavy atom. The average molecular weight is 260 g/mol.